The average Bonchev–Trinajstić information content (AvgIpc) is 3.27. The Morgan fingerprint density at radius 2 is 2.36 bits per heavy atom. The van der Waals surface area contributed by atoms with E-state index >= 15 is 0 Å². The lowest BCUT2D eigenvalue weighted by molar-refractivity contribution is -0.187. The molecule has 0 aromatic carbocycles. The monoisotopic (exact) mass is 322 g/mol. The topological polar surface area (TPSA) is 42.0 Å². The van der Waals surface area contributed by atoms with Crippen molar-refractivity contribution in [3.8, 4) is 0 Å². The van der Waals surface area contributed by atoms with Gasteiger partial charge in [-0.3, -0.25) is 14.5 Å². The van der Waals surface area contributed by atoms with Crippen LogP contribution >= 0.6 is 11.3 Å². The molecule has 4 heterocycles. The highest BCUT2D eigenvalue weighted by atomic mass is 32.1. The first-order valence-electron chi connectivity index (χ1n) is 8.09. The number of fused-ring (bicyclic) bond motifs is 1. The number of nitrogens with zero attached hydrogens (tertiary/aromatic N) is 2. The van der Waals surface area contributed by atoms with Gasteiger partial charge in [0.25, 0.3) is 5.91 Å². The van der Waals surface area contributed by atoms with E-state index < -0.39 is 5.41 Å². The Morgan fingerprint density at radius 1 is 1.41 bits per heavy atom. The second-order valence-electron chi connectivity index (χ2n) is 6.44. The molecule has 6 heteroatoms. The van der Waals surface area contributed by atoms with Gasteiger partial charge in [-0.25, -0.2) is 5.06 Å². The van der Waals surface area contributed by atoms with Crippen molar-refractivity contribution < 1.29 is 14.4 Å². The number of ether oxygens (including phenoxy) is 1. The number of rotatable bonds is 3. The molecule has 1 aromatic rings. The highest BCUT2D eigenvalue weighted by Crippen LogP contribution is 2.43. The molecule has 0 unspecified atom stereocenters. The average molecular weight is 322 g/mol. The lowest BCUT2D eigenvalue weighted by Gasteiger charge is -2.43. The maximum absolute atomic E-state index is 13.0. The highest BCUT2D eigenvalue weighted by Gasteiger charge is 2.55. The summed E-state index contributed by atoms with van der Waals surface area (Å²) in [6.07, 6.45) is 2.75. The number of likely N-dealkylation sites (tertiary alicyclic amines) is 1. The van der Waals surface area contributed by atoms with Gasteiger partial charge >= 0.3 is 0 Å². The number of hydrogen-bond donors (Lipinski definition) is 0. The maximum Gasteiger partial charge on any atom is 0.256 e. The molecule has 4 rings (SSSR count). The largest absolute Gasteiger partial charge is 0.377 e. The van der Waals surface area contributed by atoms with Crippen molar-refractivity contribution >= 4 is 17.2 Å². The maximum atomic E-state index is 13.0. The summed E-state index contributed by atoms with van der Waals surface area (Å²) in [6.45, 7) is 4.79. The number of hydroxylamine groups is 2. The number of piperidine rings is 1. The molecule has 22 heavy (non-hydrogen) atoms. The molecule has 0 spiro atoms. The van der Waals surface area contributed by atoms with Crippen LogP contribution in [0.2, 0.25) is 0 Å². The summed E-state index contributed by atoms with van der Waals surface area (Å²) in [5.74, 6) is 0.142. The number of hydrogen-bond acceptors (Lipinski definition) is 5. The normalized spacial score (nSPS) is 32.4. The van der Waals surface area contributed by atoms with Crippen molar-refractivity contribution in [3.05, 3.63) is 22.4 Å². The van der Waals surface area contributed by atoms with E-state index in [-0.39, 0.29) is 12.0 Å². The second kappa shape index (κ2) is 5.92. The van der Waals surface area contributed by atoms with Gasteiger partial charge in [0.15, 0.2) is 0 Å². The van der Waals surface area contributed by atoms with Crippen molar-refractivity contribution in [3.63, 3.8) is 0 Å². The zero-order valence-corrected chi connectivity index (χ0v) is 13.5. The van der Waals surface area contributed by atoms with Gasteiger partial charge in [-0.1, -0.05) is 6.07 Å². The van der Waals surface area contributed by atoms with Gasteiger partial charge in [-0.05, 0) is 30.7 Å². The van der Waals surface area contributed by atoms with Crippen LogP contribution in [0, 0.1) is 5.41 Å². The molecular formula is C16H22N2O3S. The molecule has 120 valence electrons. The molecular weight excluding hydrogens is 300 g/mol. The molecule has 0 radical (unpaired) electrons. The molecule has 5 nitrogen and oxygen atoms in total. The van der Waals surface area contributed by atoms with Crippen LogP contribution in [0.4, 0.5) is 0 Å². The minimum Gasteiger partial charge on any atom is -0.377 e. The van der Waals surface area contributed by atoms with E-state index in [0.717, 1.165) is 45.4 Å². The minimum absolute atomic E-state index is 0.0591. The molecule has 0 saturated carbocycles. The summed E-state index contributed by atoms with van der Waals surface area (Å²) < 4.78 is 5.90. The van der Waals surface area contributed by atoms with Crippen LogP contribution in [-0.4, -0.2) is 54.8 Å². The van der Waals surface area contributed by atoms with Gasteiger partial charge in [0.2, 0.25) is 0 Å². The first kappa shape index (κ1) is 14.6. The molecule has 3 fully saturated rings. The fraction of sp³-hybridized carbons (Fsp3) is 0.688. The second-order valence-corrected chi connectivity index (χ2v) is 7.47. The van der Waals surface area contributed by atoms with E-state index in [0.29, 0.717) is 13.2 Å². The molecule has 1 amide bonds. The minimum atomic E-state index is -0.403. The van der Waals surface area contributed by atoms with E-state index in [4.69, 9.17) is 9.57 Å². The lowest BCUT2D eigenvalue weighted by Crippen LogP contribution is -2.57. The summed E-state index contributed by atoms with van der Waals surface area (Å²) in [4.78, 5) is 22.3. The van der Waals surface area contributed by atoms with E-state index in [1.165, 1.54) is 4.88 Å². The van der Waals surface area contributed by atoms with E-state index in [1.807, 2.05) is 0 Å². The first-order valence-corrected chi connectivity index (χ1v) is 8.97. The van der Waals surface area contributed by atoms with E-state index in [9.17, 15) is 4.79 Å². The van der Waals surface area contributed by atoms with Gasteiger partial charge in [0.05, 0.1) is 24.7 Å². The van der Waals surface area contributed by atoms with Gasteiger partial charge < -0.3 is 4.74 Å². The van der Waals surface area contributed by atoms with Gasteiger partial charge in [0, 0.05) is 31.1 Å². The summed E-state index contributed by atoms with van der Waals surface area (Å²) >= 11 is 1.78. The third-order valence-corrected chi connectivity index (χ3v) is 5.92. The third-order valence-electron chi connectivity index (χ3n) is 5.06. The third kappa shape index (κ3) is 2.48. The molecule has 2 atom stereocenters. The van der Waals surface area contributed by atoms with Crippen molar-refractivity contribution in [1.29, 1.82) is 0 Å². The number of carbonyl (C=O) groups is 1. The fourth-order valence-electron chi connectivity index (χ4n) is 3.95. The standard InChI is InChI=1S/C16H22N2O3S/c19-15(18-6-2-8-21-18)16-5-9-20-14(16)4-7-17(12-16)11-13-3-1-10-22-13/h1,3,10,14H,2,4-9,11-12H2/t14-,16-/m1/s1. The molecule has 3 aliphatic heterocycles. The molecule has 0 N–H and O–H groups in total. The Labute approximate surface area is 134 Å². The highest BCUT2D eigenvalue weighted by molar-refractivity contribution is 7.09. The summed E-state index contributed by atoms with van der Waals surface area (Å²) in [7, 11) is 0. The Balaban J connectivity index is 1.53. The van der Waals surface area contributed by atoms with Crippen molar-refractivity contribution in [2.24, 2.45) is 5.41 Å². The predicted octanol–water partition coefficient (Wildman–Crippen LogP) is 1.89. The number of carbonyl (C=O) groups excluding carboxylic acids is 1. The molecule has 1 aromatic heterocycles. The van der Waals surface area contributed by atoms with Crippen LogP contribution in [0.15, 0.2) is 17.5 Å². The summed E-state index contributed by atoms with van der Waals surface area (Å²) in [5.41, 5.74) is -0.403. The van der Waals surface area contributed by atoms with Crippen molar-refractivity contribution in [2.75, 3.05) is 32.8 Å². The van der Waals surface area contributed by atoms with E-state index in [1.54, 1.807) is 16.4 Å². The van der Waals surface area contributed by atoms with E-state index in [2.05, 4.69) is 22.4 Å². The molecule has 0 bridgehead atoms. The molecule has 3 saturated heterocycles. The summed E-state index contributed by atoms with van der Waals surface area (Å²) in [6, 6.07) is 4.25. The van der Waals surface area contributed by atoms with Gasteiger partial charge in [-0.15, -0.1) is 11.3 Å². The fourth-order valence-corrected chi connectivity index (χ4v) is 4.69. The van der Waals surface area contributed by atoms with Crippen LogP contribution in [0.3, 0.4) is 0 Å². The first-order chi connectivity index (χ1) is 10.8. The van der Waals surface area contributed by atoms with Crippen LogP contribution in [-0.2, 0) is 20.9 Å². The number of thiophene rings is 1. The van der Waals surface area contributed by atoms with Crippen molar-refractivity contribution in [2.45, 2.75) is 31.9 Å². The summed E-state index contributed by atoms with van der Waals surface area (Å²) in [5, 5.41) is 3.70. The quantitative estimate of drug-likeness (QED) is 0.852. The Bertz CT molecular complexity index is 530. The lowest BCUT2D eigenvalue weighted by atomic mass is 9.75. The van der Waals surface area contributed by atoms with Crippen LogP contribution in [0.25, 0.3) is 0 Å². The van der Waals surface area contributed by atoms with Gasteiger partial charge in [-0.2, -0.15) is 0 Å². The zero-order chi connectivity index (χ0) is 15.0. The number of amides is 1. The Morgan fingerprint density at radius 3 is 3.14 bits per heavy atom. The van der Waals surface area contributed by atoms with Crippen LogP contribution < -0.4 is 0 Å². The SMILES string of the molecule is O=C(N1CCCO1)[C@@]12CCO[C@@H]1CCN(Cc1cccs1)C2. The smallest absolute Gasteiger partial charge is 0.256 e. The molecule has 3 aliphatic rings. The predicted molar refractivity (Wildman–Crippen MR) is 83.3 cm³/mol. The van der Waals surface area contributed by atoms with Crippen LogP contribution in [0.5, 0.6) is 0 Å². The molecule has 0 aliphatic carbocycles. The Kier molecular flexibility index (Phi) is 3.94. The zero-order valence-electron chi connectivity index (χ0n) is 12.7. The van der Waals surface area contributed by atoms with Crippen molar-refractivity contribution in [1.82, 2.24) is 9.96 Å². The van der Waals surface area contributed by atoms with Gasteiger partial charge in [0.1, 0.15) is 0 Å². The van der Waals surface area contributed by atoms with Crippen LogP contribution in [0.1, 0.15) is 24.1 Å². The Hall–Kier alpha value is -0.950.